The molecule has 0 fully saturated rings. The average molecular weight is 477 g/mol. The van der Waals surface area contributed by atoms with Crippen LogP contribution in [0.15, 0.2) is 43.3 Å². The Balaban J connectivity index is 2.56. The van der Waals surface area contributed by atoms with Gasteiger partial charge in [-0.1, -0.05) is 135 Å². The van der Waals surface area contributed by atoms with Crippen LogP contribution in [0.5, 0.6) is 0 Å². The van der Waals surface area contributed by atoms with Crippen molar-refractivity contribution in [3.63, 3.8) is 0 Å². The first-order valence-electron chi connectivity index (χ1n) is 11.6. The highest BCUT2D eigenvalue weighted by molar-refractivity contribution is 6.96. The third-order valence-electron chi connectivity index (χ3n) is 7.06. The van der Waals surface area contributed by atoms with Gasteiger partial charge in [-0.25, -0.2) is 0 Å². The molecule has 0 radical (unpaired) electrons. The monoisotopic (exact) mass is 476 g/mol. The van der Waals surface area contributed by atoms with Gasteiger partial charge in [0.05, 0.1) is 32.3 Å². The standard InChI is InChI=1S/C24H48Si5/c1-25(2,3)19-15-23(28(10,11)12)24(16-19)29(13,14)20-17-21(26(4,5)6)22(18-20)27(7,8)9/h15,17H,16,18H2,1-14H3. The predicted molar refractivity (Wildman–Crippen MR) is 150 cm³/mol. The summed E-state index contributed by atoms with van der Waals surface area (Å²) in [6.07, 6.45) is 8.08. The smallest absolute Gasteiger partial charge is 0.0782 e. The van der Waals surface area contributed by atoms with E-state index in [4.69, 9.17) is 0 Å². The van der Waals surface area contributed by atoms with Gasteiger partial charge in [0.25, 0.3) is 0 Å². The number of hydrogen-bond donors (Lipinski definition) is 0. The van der Waals surface area contributed by atoms with Crippen LogP contribution in [-0.2, 0) is 0 Å². The Morgan fingerprint density at radius 3 is 1.17 bits per heavy atom. The van der Waals surface area contributed by atoms with Gasteiger partial charge in [-0.2, -0.15) is 0 Å². The van der Waals surface area contributed by atoms with E-state index in [-0.39, 0.29) is 0 Å². The second-order valence-corrected chi connectivity index (χ2v) is 38.9. The maximum atomic E-state index is 2.76. The van der Waals surface area contributed by atoms with E-state index in [9.17, 15) is 0 Å². The largest absolute Gasteiger partial charge is 0.103 e. The summed E-state index contributed by atoms with van der Waals surface area (Å²) in [7, 11) is -6.80. The van der Waals surface area contributed by atoms with Crippen LogP contribution in [0.4, 0.5) is 0 Å². The lowest BCUT2D eigenvalue weighted by Gasteiger charge is -2.33. The van der Waals surface area contributed by atoms with Gasteiger partial charge in [0.2, 0.25) is 0 Å². The molecule has 2 aliphatic rings. The zero-order chi connectivity index (χ0) is 22.8. The van der Waals surface area contributed by atoms with Crippen LogP contribution in [0, 0.1) is 0 Å². The van der Waals surface area contributed by atoms with Crippen LogP contribution < -0.4 is 0 Å². The average Bonchev–Trinajstić information content (AvgIpc) is 3.10. The first-order chi connectivity index (χ1) is 12.7. The molecule has 0 nitrogen and oxygen atoms in total. The van der Waals surface area contributed by atoms with Crippen molar-refractivity contribution in [2.24, 2.45) is 0 Å². The Hall–Kier alpha value is 0.0444. The van der Waals surface area contributed by atoms with Gasteiger partial charge >= 0.3 is 0 Å². The van der Waals surface area contributed by atoms with Crippen molar-refractivity contribution in [2.45, 2.75) is 104 Å². The molecule has 0 bridgehead atoms. The molecule has 0 unspecified atom stereocenters. The van der Waals surface area contributed by atoms with E-state index in [0.29, 0.717) is 0 Å². The molecule has 0 spiro atoms. The lowest BCUT2D eigenvalue weighted by atomic mass is 10.4. The molecule has 0 aliphatic heterocycles. The summed E-state index contributed by atoms with van der Waals surface area (Å²) >= 11 is 0. The Labute approximate surface area is 187 Å². The number of hydrogen-bond acceptors (Lipinski definition) is 0. The predicted octanol–water partition coefficient (Wildman–Crippen LogP) is 8.54. The highest BCUT2D eigenvalue weighted by Gasteiger charge is 2.43. The van der Waals surface area contributed by atoms with Gasteiger partial charge < -0.3 is 0 Å². The fraction of sp³-hybridized carbons (Fsp3) is 0.667. The SMILES string of the molecule is C[Si](C)(C)C1=CC([Si](C)(C)C)=C([Si](C)(C)C2=CC([Si](C)(C)C)=C([Si](C)(C)C)C2)C1. The first-order valence-corrected chi connectivity index (χ1v) is 28.6. The Morgan fingerprint density at radius 1 is 0.448 bits per heavy atom. The van der Waals surface area contributed by atoms with E-state index in [1.165, 1.54) is 12.8 Å². The van der Waals surface area contributed by atoms with E-state index in [1.54, 1.807) is 0 Å². The minimum Gasteiger partial charge on any atom is -0.0782 e. The molecular weight excluding hydrogens is 429 g/mol. The molecule has 0 aromatic rings. The molecule has 2 aliphatic carbocycles. The molecule has 0 saturated heterocycles. The Morgan fingerprint density at radius 2 is 0.828 bits per heavy atom. The molecule has 29 heavy (non-hydrogen) atoms. The highest BCUT2D eigenvalue weighted by Crippen LogP contribution is 2.47. The molecule has 0 atom stereocenters. The second-order valence-electron chi connectivity index (χ2n) is 14.1. The van der Waals surface area contributed by atoms with E-state index >= 15 is 0 Å². The molecule has 0 heterocycles. The normalized spacial score (nSPS) is 19.9. The van der Waals surface area contributed by atoms with Crippen LogP contribution in [0.25, 0.3) is 0 Å². The molecule has 2 rings (SSSR count). The third kappa shape index (κ3) is 5.28. The van der Waals surface area contributed by atoms with Crippen LogP contribution in [-0.4, -0.2) is 40.4 Å². The van der Waals surface area contributed by atoms with Crippen molar-refractivity contribution in [3.8, 4) is 0 Å². The zero-order valence-corrected chi connectivity index (χ0v) is 27.1. The number of rotatable bonds is 6. The Kier molecular flexibility index (Phi) is 6.61. The summed E-state index contributed by atoms with van der Waals surface area (Å²) in [4.78, 5) is 0. The maximum Gasteiger partial charge on any atom is 0.103 e. The molecule has 0 N–H and O–H groups in total. The summed E-state index contributed by atoms with van der Waals surface area (Å²) < 4.78 is 0. The molecular formula is C24H48Si5. The quantitative estimate of drug-likeness (QED) is 0.337. The molecule has 0 saturated carbocycles. The molecule has 5 heteroatoms. The second kappa shape index (κ2) is 7.57. The summed E-state index contributed by atoms with van der Waals surface area (Å²) in [6.45, 7) is 36.1. The topological polar surface area (TPSA) is 0 Å². The molecule has 0 amide bonds. The summed E-state index contributed by atoms with van der Waals surface area (Å²) in [5.41, 5.74) is 0. The summed E-state index contributed by atoms with van der Waals surface area (Å²) in [6, 6.07) is 0. The van der Waals surface area contributed by atoms with Gasteiger partial charge in [-0.15, -0.1) is 0 Å². The highest BCUT2D eigenvalue weighted by atomic mass is 28.3. The fourth-order valence-electron chi connectivity index (χ4n) is 4.84. The lowest BCUT2D eigenvalue weighted by molar-refractivity contribution is 1.24. The minimum atomic E-state index is -1.62. The van der Waals surface area contributed by atoms with Crippen LogP contribution in [0.1, 0.15) is 12.8 Å². The Bertz CT molecular complexity index is 807. The summed E-state index contributed by atoms with van der Waals surface area (Å²) in [5.74, 6) is 0. The van der Waals surface area contributed by atoms with Gasteiger partial charge in [-0.3, -0.25) is 0 Å². The third-order valence-corrected chi connectivity index (χ3v) is 20.1. The molecule has 164 valence electrons. The minimum absolute atomic E-state index is 1.24. The van der Waals surface area contributed by atoms with E-state index in [1.807, 2.05) is 31.2 Å². The van der Waals surface area contributed by atoms with Crippen molar-refractivity contribution in [2.75, 3.05) is 0 Å². The summed E-state index contributed by atoms with van der Waals surface area (Å²) in [5, 5.41) is 11.1. The van der Waals surface area contributed by atoms with Gasteiger partial charge in [-0.05, 0) is 12.8 Å². The van der Waals surface area contributed by atoms with Crippen LogP contribution in [0.3, 0.4) is 0 Å². The number of allylic oxidation sites excluding steroid dienone is 8. The van der Waals surface area contributed by atoms with Crippen molar-refractivity contribution >= 4 is 40.4 Å². The first kappa shape index (κ1) is 25.3. The van der Waals surface area contributed by atoms with Crippen molar-refractivity contribution in [1.82, 2.24) is 0 Å². The van der Waals surface area contributed by atoms with E-state index < -0.39 is 40.4 Å². The van der Waals surface area contributed by atoms with Crippen LogP contribution in [0.2, 0.25) is 91.7 Å². The van der Waals surface area contributed by atoms with Crippen LogP contribution >= 0.6 is 0 Å². The van der Waals surface area contributed by atoms with Gasteiger partial charge in [0.1, 0.15) is 8.07 Å². The van der Waals surface area contributed by atoms with Crippen molar-refractivity contribution in [3.05, 3.63) is 43.3 Å². The van der Waals surface area contributed by atoms with Gasteiger partial charge in [0, 0.05) is 0 Å². The lowest BCUT2D eigenvalue weighted by Crippen LogP contribution is -2.37. The maximum absolute atomic E-state index is 2.76. The molecule has 0 aromatic heterocycles. The van der Waals surface area contributed by atoms with Gasteiger partial charge in [0.15, 0.2) is 0 Å². The zero-order valence-electron chi connectivity index (χ0n) is 22.1. The fourth-order valence-corrected chi connectivity index (χ4v) is 18.8. The van der Waals surface area contributed by atoms with E-state index in [0.717, 1.165) is 0 Å². The van der Waals surface area contributed by atoms with Crippen molar-refractivity contribution in [1.29, 1.82) is 0 Å². The van der Waals surface area contributed by atoms with Crippen molar-refractivity contribution < 1.29 is 0 Å². The van der Waals surface area contributed by atoms with E-state index in [2.05, 4.69) is 104 Å². The molecule has 0 aromatic carbocycles.